The second kappa shape index (κ2) is 5.60. The number of anilines is 1. The van der Waals surface area contributed by atoms with E-state index in [1.54, 1.807) is 0 Å². The first-order valence-electron chi connectivity index (χ1n) is 4.31. The summed E-state index contributed by atoms with van der Waals surface area (Å²) in [6.45, 7) is 0.910. The summed E-state index contributed by atoms with van der Waals surface area (Å²) in [6, 6.07) is 5.92. The highest BCUT2D eigenvalue weighted by atomic mass is 15.2. The zero-order valence-corrected chi connectivity index (χ0v) is 7.88. The number of pyridine rings is 1. The monoisotopic (exact) mass is 184 g/mol. The molecule has 0 radical (unpaired) electrons. The molecule has 70 valence electrons. The number of terminal acetylenes is 1. The summed E-state index contributed by atoms with van der Waals surface area (Å²) in [5.41, 5.74) is 0. The van der Waals surface area contributed by atoms with Crippen molar-refractivity contribution in [2.45, 2.75) is 0 Å². The smallest absolute Gasteiger partial charge is 0.132 e. The second-order valence-electron chi connectivity index (χ2n) is 2.61. The molecular formula is C12H12N2. The summed E-state index contributed by atoms with van der Waals surface area (Å²) < 4.78 is 0. The quantitative estimate of drug-likeness (QED) is 0.622. The first-order valence-corrected chi connectivity index (χ1v) is 4.31. The predicted molar refractivity (Wildman–Crippen MR) is 59.8 cm³/mol. The largest absolute Gasteiger partial charge is 0.329 e. The van der Waals surface area contributed by atoms with Gasteiger partial charge in [0.2, 0.25) is 0 Å². The highest BCUT2D eigenvalue weighted by molar-refractivity contribution is 5.44. The lowest BCUT2D eigenvalue weighted by Crippen LogP contribution is -2.18. The number of hydrogen-bond acceptors (Lipinski definition) is 2. The van der Waals surface area contributed by atoms with Gasteiger partial charge in [0.05, 0.1) is 0 Å². The second-order valence-corrected chi connectivity index (χ2v) is 2.61. The van der Waals surface area contributed by atoms with Crippen molar-refractivity contribution in [3.8, 4) is 12.8 Å². The molecule has 0 fully saturated rings. The molecule has 0 saturated heterocycles. The number of nitrogens with zero attached hydrogens (tertiary/aromatic N) is 2. The lowest BCUT2D eigenvalue weighted by atomic mass is 10.3. The van der Waals surface area contributed by atoms with Crippen LogP contribution in [0.4, 0.5) is 5.82 Å². The molecule has 0 N–H and O–H groups in total. The Balaban J connectivity index is 0.000000461. The minimum Gasteiger partial charge on any atom is -0.329 e. The van der Waals surface area contributed by atoms with E-state index in [9.17, 15) is 0 Å². The molecule has 0 unspecified atom stereocenters. The van der Waals surface area contributed by atoms with Crippen LogP contribution in [0.2, 0.25) is 0 Å². The standard InChI is InChI=1S/C10H10N2.C2H2/c1-4-8-12(9-5-1)10-6-2-3-7-11-10;1-2/h1-8H,9H2;1-2H. The van der Waals surface area contributed by atoms with E-state index in [0.29, 0.717) is 0 Å². The minimum absolute atomic E-state index is 0.910. The minimum atomic E-state index is 0.910. The summed E-state index contributed by atoms with van der Waals surface area (Å²) in [4.78, 5) is 6.34. The van der Waals surface area contributed by atoms with E-state index in [1.165, 1.54) is 0 Å². The van der Waals surface area contributed by atoms with Crippen molar-refractivity contribution in [2.24, 2.45) is 0 Å². The van der Waals surface area contributed by atoms with Gasteiger partial charge in [-0.05, 0) is 18.2 Å². The molecule has 0 atom stereocenters. The van der Waals surface area contributed by atoms with Crippen LogP contribution in [0.25, 0.3) is 0 Å². The molecule has 0 saturated carbocycles. The van der Waals surface area contributed by atoms with E-state index in [-0.39, 0.29) is 0 Å². The summed E-state index contributed by atoms with van der Waals surface area (Å²) in [5, 5.41) is 0. The van der Waals surface area contributed by atoms with Gasteiger partial charge in [-0.25, -0.2) is 4.98 Å². The molecule has 0 spiro atoms. The van der Waals surface area contributed by atoms with Crippen molar-refractivity contribution in [3.63, 3.8) is 0 Å². The molecule has 1 aromatic heterocycles. The Morgan fingerprint density at radius 1 is 1.21 bits per heavy atom. The van der Waals surface area contributed by atoms with Gasteiger partial charge in [-0.1, -0.05) is 18.2 Å². The summed E-state index contributed by atoms with van der Waals surface area (Å²) in [5.74, 6) is 0.998. The molecule has 2 heterocycles. The van der Waals surface area contributed by atoms with Gasteiger partial charge in [0, 0.05) is 18.9 Å². The average Bonchev–Trinajstić information content (AvgIpc) is 2.34. The SMILES string of the molecule is C#C.C1=CCN(c2ccccn2)C=C1. The highest BCUT2D eigenvalue weighted by Gasteiger charge is 2.01. The highest BCUT2D eigenvalue weighted by Crippen LogP contribution is 2.11. The van der Waals surface area contributed by atoms with E-state index < -0.39 is 0 Å². The zero-order valence-electron chi connectivity index (χ0n) is 7.88. The number of hydrogen-bond donors (Lipinski definition) is 0. The Kier molecular flexibility index (Phi) is 4.03. The van der Waals surface area contributed by atoms with Crippen LogP contribution in [0.1, 0.15) is 0 Å². The van der Waals surface area contributed by atoms with Gasteiger partial charge in [-0.3, -0.25) is 0 Å². The van der Waals surface area contributed by atoms with Crippen LogP contribution >= 0.6 is 0 Å². The van der Waals surface area contributed by atoms with Gasteiger partial charge in [-0.2, -0.15) is 0 Å². The van der Waals surface area contributed by atoms with Crippen LogP contribution < -0.4 is 4.90 Å². The molecule has 1 aromatic rings. The third-order valence-electron chi connectivity index (χ3n) is 1.76. The van der Waals surface area contributed by atoms with Crippen molar-refractivity contribution < 1.29 is 0 Å². The Hall–Kier alpha value is -2.01. The molecule has 0 aliphatic carbocycles. The van der Waals surface area contributed by atoms with E-state index in [4.69, 9.17) is 0 Å². The zero-order chi connectivity index (χ0) is 10.2. The normalized spacial score (nSPS) is 13.1. The molecule has 1 aliphatic rings. The van der Waals surface area contributed by atoms with Gasteiger partial charge >= 0.3 is 0 Å². The summed E-state index contributed by atoms with van der Waals surface area (Å²) >= 11 is 0. The lowest BCUT2D eigenvalue weighted by Gasteiger charge is -2.18. The van der Waals surface area contributed by atoms with E-state index >= 15 is 0 Å². The van der Waals surface area contributed by atoms with Gasteiger partial charge in [0.25, 0.3) is 0 Å². The Morgan fingerprint density at radius 2 is 2.07 bits per heavy atom. The predicted octanol–water partition coefficient (Wildman–Crippen LogP) is 2.22. The van der Waals surface area contributed by atoms with Crippen LogP contribution in [-0.4, -0.2) is 11.5 Å². The van der Waals surface area contributed by atoms with Gasteiger partial charge in [-0.15, -0.1) is 12.8 Å². The Morgan fingerprint density at radius 3 is 2.64 bits per heavy atom. The maximum absolute atomic E-state index is 4.24. The topological polar surface area (TPSA) is 16.1 Å². The van der Waals surface area contributed by atoms with Crippen molar-refractivity contribution >= 4 is 5.82 Å². The van der Waals surface area contributed by atoms with Crippen molar-refractivity contribution in [1.82, 2.24) is 4.98 Å². The van der Waals surface area contributed by atoms with Crippen LogP contribution in [0, 0.1) is 12.8 Å². The summed E-state index contributed by atoms with van der Waals surface area (Å²) in [6.07, 6.45) is 18.0. The van der Waals surface area contributed by atoms with Crippen molar-refractivity contribution in [1.29, 1.82) is 0 Å². The lowest BCUT2D eigenvalue weighted by molar-refractivity contribution is 1.03. The van der Waals surface area contributed by atoms with Crippen molar-refractivity contribution in [2.75, 3.05) is 11.4 Å². The third-order valence-corrected chi connectivity index (χ3v) is 1.76. The van der Waals surface area contributed by atoms with E-state index in [2.05, 4.69) is 28.8 Å². The average molecular weight is 184 g/mol. The Labute approximate surface area is 84.6 Å². The molecule has 0 bridgehead atoms. The van der Waals surface area contributed by atoms with Crippen LogP contribution in [0.15, 0.2) is 48.8 Å². The third kappa shape index (κ3) is 2.49. The first kappa shape index (κ1) is 10.1. The van der Waals surface area contributed by atoms with Crippen LogP contribution in [0.3, 0.4) is 0 Å². The maximum Gasteiger partial charge on any atom is 0.132 e. The molecular weight excluding hydrogens is 172 g/mol. The first-order chi connectivity index (χ1) is 6.97. The molecule has 2 rings (SSSR count). The van der Waals surface area contributed by atoms with E-state index in [1.807, 2.05) is 42.7 Å². The van der Waals surface area contributed by atoms with Crippen molar-refractivity contribution in [3.05, 3.63) is 48.8 Å². The van der Waals surface area contributed by atoms with Gasteiger partial charge < -0.3 is 4.90 Å². The molecule has 14 heavy (non-hydrogen) atoms. The van der Waals surface area contributed by atoms with Crippen LogP contribution in [0.5, 0.6) is 0 Å². The number of rotatable bonds is 1. The number of aromatic nitrogens is 1. The Bertz CT molecular complexity index is 336. The van der Waals surface area contributed by atoms with Crippen LogP contribution in [-0.2, 0) is 0 Å². The molecule has 0 aromatic carbocycles. The van der Waals surface area contributed by atoms with Gasteiger partial charge in [0.1, 0.15) is 5.82 Å². The molecule has 2 heteroatoms. The fraction of sp³-hybridized carbons (Fsp3) is 0.0833. The summed E-state index contributed by atoms with van der Waals surface area (Å²) in [7, 11) is 0. The fourth-order valence-corrected chi connectivity index (χ4v) is 1.16. The fourth-order valence-electron chi connectivity index (χ4n) is 1.16. The van der Waals surface area contributed by atoms with E-state index in [0.717, 1.165) is 12.4 Å². The molecule has 1 aliphatic heterocycles. The molecule has 2 nitrogen and oxygen atoms in total. The molecule has 0 amide bonds. The number of allylic oxidation sites excluding steroid dienone is 2. The maximum atomic E-state index is 4.24. The van der Waals surface area contributed by atoms with Gasteiger partial charge in [0.15, 0.2) is 0 Å².